The number of likely N-dealkylation sites (tertiary alicyclic amines) is 1. The molecule has 3 aliphatic rings. The SMILES string of the molecule is [2H]C1([2H])C(c2cc3c(cc2F)C(=O)N([C@@H]2CCC(=O)NC2=O)C3=O)C([2H])([2H])C([2H])([2H])N(C(C)(C)C)C1([2H])[2H]. The van der Waals surface area contributed by atoms with Crippen LogP contribution in [0.25, 0.3) is 0 Å². The number of nitrogens with zero attached hydrogens (tertiary/aromatic N) is 2. The molecule has 2 saturated heterocycles. The molecule has 0 radical (unpaired) electrons. The monoisotopic (exact) mass is 423 g/mol. The average molecular weight is 424 g/mol. The second kappa shape index (κ2) is 7.27. The zero-order chi connectivity index (χ0) is 29.0. The number of imide groups is 2. The van der Waals surface area contributed by atoms with Gasteiger partial charge in [-0.05, 0) is 76.5 Å². The minimum Gasteiger partial charge on any atom is -0.298 e. The van der Waals surface area contributed by atoms with E-state index in [2.05, 4.69) is 0 Å². The highest BCUT2D eigenvalue weighted by atomic mass is 19.1. The van der Waals surface area contributed by atoms with E-state index in [1.807, 2.05) is 5.32 Å². The normalized spacial score (nSPS) is 34.4. The average Bonchev–Trinajstić information content (AvgIpc) is 2.95. The van der Waals surface area contributed by atoms with Gasteiger partial charge in [0.25, 0.3) is 11.8 Å². The summed E-state index contributed by atoms with van der Waals surface area (Å²) in [6, 6.07) is -0.0389. The molecule has 1 aromatic rings. The van der Waals surface area contributed by atoms with Crippen LogP contribution in [0.2, 0.25) is 0 Å². The maximum Gasteiger partial charge on any atom is 0.262 e. The number of hydrogen-bond donors (Lipinski definition) is 1. The van der Waals surface area contributed by atoms with E-state index in [1.54, 1.807) is 0 Å². The van der Waals surface area contributed by atoms with Gasteiger partial charge < -0.3 is 0 Å². The molecule has 0 spiro atoms. The number of hydrogen-bond acceptors (Lipinski definition) is 5. The molecule has 0 aromatic heterocycles. The lowest BCUT2D eigenvalue weighted by Crippen LogP contribution is -2.54. The first-order valence-corrected chi connectivity index (χ1v) is 9.45. The molecule has 0 aliphatic carbocycles. The zero-order valence-corrected chi connectivity index (χ0v) is 16.6. The first-order valence-electron chi connectivity index (χ1n) is 13.5. The molecule has 1 atom stereocenters. The van der Waals surface area contributed by atoms with Crippen LogP contribution in [0, 0.1) is 5.82 Å². The molecule has 7 nitrogen and oxygen atoms in total. The van der Waals surface area contributed by atoms with Crippen molar-refractivity contribution in [2.75, 3.05) is 13.0 Å². The standard InChI is InChI=1S/C22H26FN3O4/c1-22(2,3)25-8-6-12(7-9-25)13-10-14-15(11-16(13)23)21(30)26(20(14)29)17-4-5-18(27)24-19(17)28/h10-12,17H,4-9H2,1-3H3,(H,24,27,28)/t17-/m1/s1/i6D2,7D2,8D2,9D2. The third-order valence-corrected chi connectivity index (χ3v) is 5.18. The lowest BCUT2D eigenvalue weighted by atomic mass is 9.86. The Kier molecular flexibility index (Phi) is 3.13. The van der Waals surface area contributed by atoms with Gasteiger partial charge in [-0.15, -0.1) is 0 Å². The van der Waals surface area contributed by atoms with Crippen molar-refractivity contribution in [2.24, 2.45) is 0 Å². The predicted octanol–water partition coefficient (Wildman–Crippen LogP) is 2.20. The Labute approximate surface area is 185 Å². The van der Waals surface area contributed by atoms with E-state index >= 15 is 4.39 Å². The number of halogens is 1. The summed E-state index contributed by atoms with van der Waals surface area (Å²) in [6.45, 7) is -2.15. The van der Waals surface area contributed by atoms with Crippen LogP contribution in [0.3, 0.4) is 0 Å². The molecule has 160 valence electrons. The lowest BCUT2D eigenvalue weighted by molar-refractivity contribution is -0.136. The number of carbonyl (C=O) groups excluding carboxylic acids is 4. The molecule has 2 fully saturated rings. The summed E-state index contributed by atoms with van der Waals surface area (Å²) in [7, 11) is 0. The number of benzene rings is 1. The fraction of sp³-hybridized carbons (Fsp3) is 0.545. The number of rotatable bonds is 2. The summed E-state index contributed by atoms with van der Waals surface area (Å²) >= 11 is 0. The Balaban J connectivity index is 1.87. The quantitative estimate of drug-likeness (QED) is 0.737. The first-order chi connectivity index (χ1) is 17.1. The highest BCUT2D eigenvalue weighted by Crippen LogP contribution is 2.36. The van der Waals surface area contributed by atoms with Crippen molar-refractivity contribution in [3.05, 3.63) is 34.6 Å². The maximum absolute atomic E-state index is 15.6. The predicted molar refractivity (Wildman–Crippen MR) is 106 cm³/mol. The van der Waals surface area contributed by atoms with Gasteiger partial charge in [-0.25, -0.2) is 4.39 Å². The van der Waals surface area contributed by atoms with Crippen LogP contribution in [-0.4, -0.2) is 58.0 Å². The van der Waals surface area contributed by atoms with Crippen molar-refractivity contribution < 1.29 is 34.5 Å². The number of amides is 4. The summed E-state index contributed by atoms with van der Waals surface area (Å²) in [4.78, 5) is 51.0. The Bertz CT molecular complexity index is 1250. The first kappa shape index (κ1) is 12.9. The van der Waals surface area contributed by atoms with Gasteiger partial charge in [0.05, 0.1) is 11.1 Å². The van der Waals surface area contributed by atoms with Crippen LogP contribution in [0.15, 0.2) is 12.1 Å². The fourth-order valence-corrected chi connectivity index (χ4v) is 3.54. The summed E-state index contributed by atoms with van der Waals surface area (Å²) in [5.74, 6) is -7.32. The van der Waals surface area contributed by atoms with Gasteiger partial charge in [-0.3, -0.25) is 34.3 Å². The van der Waals surface area contributed by atoms with E-state index in [0.717, 1.165) is 6.07 Å². The van der Waals surface area contributed by atoms with Crippen LogP contribution in [-0.2, 0) is 9.59 Å². The van der Waals surface area contributed by atoms with E-state index < -0.39 is 89.4 Å². The van der Waals surface area contributed by atoms with Crippen LogP contribution < -0.4 is 5.32 Å². The number of nitrogens with one attached hydrogen (secondary N) is 1. The molecular weight excluding hydrogens is 389 g/mol. The van der Waals surface area contributed by atoms with Gasteiger partial charge in [0.2, 0.25) is 11.8 Å². The number of piperidine rings is 2. The summed E-state index contributed by atoms with van der Waals surface area (Å²) in [5.41, 5.74) is -3.17. The molecule has 0 saturated carbocycles. The molecular formula is C22H26FN3O4. The Hall–Kier alpha value is -2.61. The molecule has 1 aromatic carbocycles. The van der Waals surface area contributed by atoms with Crippen LogP contribution >= 0.6 is 0 Å². The molecule has 3 aliphatic heterocycles. The maximum atomic E-state index is 15.6. The largest absolute Gasteiger partial charge is 0.298 e. The minimum atomic E-state index is -3.24. The van der Waals surface area contributed by atoms with E-state index in [0.29, 0.717) is 15.9 Å². The summed E-state index contributed by atoms with van der Waals surface area (Å²) in [5, 5.41) is 2.02. The molecule has 30 heavy (non-hydrogen) atoms. The Morgan fingerprint density at radius 2 is 1.67 bits per heavy atom. The number of carbonyl (C=O) groups is 4. The molecule has 3 heterocycles. The third kappa shape index (κ3) is 3.43. The van der Waals surface area contributed by atoms with Crippen molar-refractivity contribution >= 4 is 23.6 Å². The molecule has 8 heteroatoms. The summed E-state index contributed by atoms with van der Waals surface area (Å²) in [6.07, 6.45) is -6.79. The highest BCUT2D eigenvalue weighted by Gasteiger charge is 2.45. The number of fused-ring (bicyclic) bond motifs is 1. The van der Waals surface area contributed by atoms with Gasteiger partial charge in [0.1, 0.15) is 11.9 Å². The molecule has 4 amide bonds. The van der Waals surface area contributed by atoms with Crippen molar-refractivity contribution in [3.8, 4) is 0 Å². The van der Waals surface area contributed by atoms with Crippen LogP contribution in [0.1, 0.15) is 89.5 Å². The van der Waals surface area contributed by atoms with Crippen molar-refractivity contribution in [3.63, 3.8) is 0 Å². The van der Waals surface area contributed by atoms with Gasteiger partial charge in [0.15, 0.2) is 0 Å². The molecule has 0 bridgehead atoms. The van der Waals surface area contributed by atoms with Crippen molar-refractivity contribution in [1.82, 2.24) is 15.1 Å². The second-order valence-corrected chi connectivity index (χ2v) is 8.32. The topological polar surface area (TPSA) is 86.8 Å². The summed E-state index contributed by atoms with van der Waals surface area (Å²) < 4.78 is 84.2. The molecule has 1 N–H and O–H groups in total. The molecule has 0 unspecified atom stereocenters. The third-order valence-electron chi connectivity index (χ3n) is 5.18. The van der Waals surface area contributed by atoms with Gasteiger partial charge in [-0.2, -0.15) is 0 Å². The van der Waals surface area contributed by atoms with Crippen LogP contribution in [0.5, 0.6) is 0 Å². The second-order valence-electron chi connectivity index (χ2n) is 8.32. The Morgan fingerprint density at radius 1 is 1.07 bits per heavy atom. The van der Waals surface area contributed by atoms with E-state index in [4.69, 9.17) is 11.0 Å². The highest BCUT2D eigenvalue weighted by molar-refractivity contribution is 6.23. The minimum absolute atomic E-state index is 0.152. The van der Waals surface area contributed by atoms with Gasteiger partial charge in [-0.1, -0.05) is 0 Å². The molecule has 4 rings (SSSR count). The van der Waals surface area contributed by atoms with E-state index in [9.17, 15) is 19.2 Å². The fourth-order valence-electron chi connectivity index (χ4n) is 3.54. The van der Waals surface area contributed by atoms with Gasteiger partial charge in [0, 0.05) is 22.9 Å². The zero-order valence-electron chi connectivity index (χ0n) is 24.6. The Morgan fingerprint density at radius 3 is 2.23 bits per heavy atom. The van der Waals surface area contributed by atoms with E-state index in [-0.39, 0.29) is 12.8 Å². The van der Waals surface area contributed by atoms with Crippen molar-refractivity contribution in [1.29, 1.82) is 0 Å². The van der Waals surface area contributed by atoms with Gasteiger partial charge >= 0.3 is 0 Å². The van der Waals surface area contributed by atoms with Crippen molar-refractivity contribution in [2.45, 2.75) is 63.9 Å². The smallest absolute Gasteiger partial charge is 0.262 e. The lowest BCUT2D eigenvalue weighted by Gasteiger charge is -2.41. The van der Waals surface area contributed by atoms with Crippen LogP contribution in [0.4, 0.5) is 4.39 Å². The van der Waals surface area contributed by atoms with E-state index in [1.165, 1.54) is 20.8 Å².